The van der Waals surface area contributed by atoms with Crippen LogP contribution in [0.5, 0.6) is 5.75 Å². The highest BCUT2D eigenvalue weighted by molar-refractivity contribution is 8.00. The quantitative estimate of drug-likeness (QED) is 0.809. The monoisotopic (exact) mass is 341 g/mol. The molecule has 6 heteroatoms. The van der Waals surface area contributed by atoms with E-state index in [4.69, 9.17) is 4.74 Å². The summed E-state index contributed by atoms with van der Waals surface area (Å²) in [6, 6.07) is 12.9. The van der Waals surface area contributed by atoms with Crippen LogP contribution in [-0.4, -0.2) is 23.8 Å². The van der Waals surface area contributed by atoms with Crippen LogP contribution in [-0.2, 0) is 4.79 Å². The smallest absolute Gasteiger partial charge is 0.234 e. The highest BCUT2D eigenvalue weighted by atomic mass is 32.2. The van der Waals surface area contributed by atoms with Crippen LogP contribution >= 0.6 is 11.8 Å². The first kappa shape index (κ1) is 17.8. The minimum Gasteiger partial charge on any atom is -0.497 e. The predicted octanol–water partition coefficient (Wildman–Crippen LogP) is 3.82. The molecule has 0 radical (unpaired) electrons. The number of benzene rings is 1. The third-order valence-electron chi connectivity index (χ3n) is 3.29. The molecule has 0 fully saturated rings. The zero-order valence-electron chi connectivity index (χ0n) is 13.9. The number of thioether (sulfide) groups is 1. The summed E-state index contributed by atoms with van der Waals surface area (Å²) in [5.74, 6) is 0.968. The van der Waals surface area contributed by atoms with Crippen LogP contribution in [0.15, 0.2) is 41.4 Å². The van der Waals surface area contributed by atoms with E-state index in [0.29, 0.717) is 22.0 Å². The van der Waals surface area contributed by atoms with Gasteiger partial charge in [-0.25, -0.2) is 4.98 Å². The van der Waals surface area contributed by atoms with Crippen LogP contribution in [0.3, 0.4) is 0 Å². The van der Waals surface area contributed by atoms with E-state index in [2.05, 4.69) is 16.4 Å². The Hall–Kier alpha value is -2.52. The van der Waals surface area contributed by atoms with Gasteiger partial charge in [0, 0.05) is 17.4 Å². The minimum atomic E-state index is -0.158. The van der Waals surface area contributed by atoms with Crippen LogP contribution in [0, 0.1) is 11.3 Å². The van der Waals surface area contributed by atoms with E-state index in [9.17, 15) is 10.1 Å². The molecule has 2 rings (SSSR count). The molecule has 0 saturated carbocycles. The summed E-state index contributed by atoms with van der Waals surface area (Å²) in [6.45, 7) is 4.08. The molecule has 0 aliphatic rings. The van der Waals surface area contributed by atoms with Gasteiger partial charge in [0.05, 0.1) is 18.4 Å². The molecule has 5 nitrogen and oxygen atoms in total. The molecular formula is C18H19N3O2S. The van der Waals surface area contributed by atoms with Gasteiger partial charge in [-0.3, -0.25) is 4.79 Å². The number of methoxy groups -OCH3 is 1. The van der Waals surface area contributed by atoms with Gasteiger partial charge in [-0.2, -0.15) is 5.26 Å². The summed E-state index contributed by atoms with van der Waals surface area (Å²) in [5, 5.41) is 12.6. The number of hydrogen-bond acceptors (Lipinski definition) is 5. The number of aromatic nitrogens is 1. The Morgan fingerprint density at radius 2 is 2.17 bits per heavy atom. The number of hydrogen-bond donors (Lipinski definition) is 1. The predicted molar refractivity (Wildman–Crippen MR) is 95.4 cm³/mol. The van der Waals surface area contributed by atoms with Crippen molar-refractivity contribution in [3.8, 4) is 11.8 Å². The van der Waals surface area contributed by atoms with Crippen molar-refractivity contribution in [3.63, 3.8) is 0 Å². The maximum Gasteiger partial charge on any atom is 0.234 e. The van der Waals surface area contributed by atoms with Crippen molar-refractivity contribution in [2.75, 3.05) is 18.2 Å². The summed E-state index contributed by atoms with van der Waals surface area (Å²) in [5.41, 5.74) is 2.06. The maximum atomic E-state index is 12.1. The molecule has 1 aromatic heterocycles. The Morgan fingerprint density at radius 1 is 1.38 bits per heavy atom. The topological polar surface area (TPSA) is 75.0 Å². The van der Waals surface area contributed by atoms with Gasteiger partial charge in [-0.05, 0) is 30.2 Å². The fourth-order valence-electron chi connectivity index (χ4n) is 2.00. The van der Waals surface area contributed by atoms with Gasteiger partial charge in [0.1, 0.15) is 16.8 Å². The summed E-state index contributed by atoms with van der Waals surface area (Å²) >= 11 is 1.26. The lowest BCUT2D eigenvalue weighted by molar-refractivity contribution is -0.113. The summed E-state index contributed by atoms with van der Waals surface area (Å²) in [4.78, 5) is 16.6. The fraction of sp³-hybridized carbons (Fsp3) is 0.278. The van der Waals surface area contributed by atoms with E-state index >= 15 is 0 Å². The number of carbonyl (C=O) groups is 1. The summed E-state index contributed by atoms with van der Waals surface area (Å²) < 4.78 is 5.13. The third kappa shape index (κ3) is 4.74. The highest BCUT2D eigenvalue weighted by Crippen LogP contribution is 2.24. The Morgan fingerprint density at radius 3 is 2.83 bits per heavy atom. The van der Waals surface area contributed by atoms with Gasteiger partial charge in [0.2, 0.25) is 5.91 Å². The normalized spacial score (nSPS) is 10.3. The Kier molecular flexibility index (Phi) is 6.21. The molecule has 2 aromatic rings. The van der Waals surface area contributed by atoms with E-state index in [0.717, 1.165) is 5.69 Å². The summed E-state index contributed by atoms with van der Waals surface area (Å²) in [6.07, 6.45) is 0. The molecule has 0 bridgehead atoms. The first-order valence-electron chi connectivity index (χ1n) is 7.51. The zero-order valence-corrected chi connectivity index (χ0v) is 14.7. The van der Waals surface area contributed by atoms with Crippen molar-refractivity contribution in [2.45, 2.75) is 24.8 Å². The van der Waals surface area contributed by atoms with E-state index in [-0.39, 0.29) is 17.6 Å². The van der Waals surface area contributed by atoms with E-state index in [1.165, 1.54) is 11.8 Å². The molecule has 1 heterocycles. The maximum absolute atomic E-state index is 12.1. The zero-order chi connectivity index (χ0) is 17.5. The summed E-state index contributed by atoms with van der Waals surface area (Å²) in [7, 11) is 1.58. The van der Waals surface area contributed by atoms with Gasteiger partial charge >= 0.3 is 0 Å². The standard InChI is InChI=1S/C18H19N3O2S/c1-12(2)16-8-7-13(10-19)18(21-16)24-11-17(22)20-14-5-4-6-15(9-14)23-3/h4-9,12H,11H2,1-3H3,(H,20,22). The average Bonchev–Trinajstić information content (AvgIpc) is 2.59. The molecule has 0 atom stereocenters. The molecule has 124 valence electrons. The van der Waals surface area contributed by atoms with Crippen molar-refractivity contribution in [1.82, 2.24) is 4.98 Å². The van der Waals surface area contributed by atoms with Crippen LogP contribution in [0.2, 0.25) is 0 Å². The molecule has 0 aliphatic heterocycles. The van der Waals surface area contributed by atoms with Crippen LogP contribution in [0.4, 0.5) is 5.69 Å². The number of ether oxygens (including phenoxy) is 1. The molecule has 1 N–H and O–H groups in total. The molecule has 0 saturated heterocycles. The van der Waals surface area contributed by atoms with Gasteiger partial charge < -0.3 is 10.1 Å². The van der Waals surface area contributed by atoms with Crippen molar-refractivity contribution < 1.29 is 9.53 Å². The number of rotatable bonds is 6. The van der Waals surface area contributed by atoms with Gasteiger partial charge in [0.25, 0.3) is 0 Å². The van der Waals surface area contributed by atoms with E-state index in [1.807, 2.05) is 32.0 Å². The first-order chi connectivity index (χ1) is 11.5. The van der Waals surface area contributed by atoms with Gasteiger partial charge in [-0.1, -0.05) is 31.7 Å². The minimum absolute atomic E-state index is 0.158. The number of carbonyl (C=O) groups excluding carboxylic acids is 1. The highest BCUT2D eigenvalue weighted by Gasteiger charge is 2.11. The van der Waals surface area contributed by atoms with E-state index < -0.39 is 0 Å². The lowest BCUT2D eigenvalue weighted by atomic mass is 10.1. The lowest BCUT2D eigenvalue weighted by Gasteiger charge is -2.09. The van der Waals surface area contributed by atoms with Crippen molar-refractivity contribution in [3.05, 3.63) is 47.7 Å². The van der Waals surface area contributed by atoms with Crippen molar-refractivity contribution in [1.29, 1.82) is 5.26 Å². The Balaban J connectivity index is 2.03. The number of anilines is 1. The van der Waals surface area contributed by atoms with Crippen molar-refractivity contribution in [2.24, 2.45) is 0 Å². The number of amides is 1. The fourth-order valence-corrected chi connectivity index (χ4v) is 2.78. The molecule has 0 aliphatic carbocycles. The van der Waals surface area contributed by atoms with Gasteiger partial charge in [-0.15, -0.1) is 0 Å². The lowest BCUT2D eigenvalue weighted by Crippen LogP contribution is -2.14. The van der Waals surface area contributed by atoms with Crippen LogP contribution in [0.25, 0.3) is 0 Å². The van der Waals surface area contributed by atoms with Gasteiger partial charge in [0.15, 0.2) is 0 Å². The molecule has 0 spiro atoms. The number of nitriles is 1. The molecule has 0 unspecified atom stereocenters. The second kappa shape index (κ2) is 8.37. The molecule has 1 amide bonds. The largest absolute Gasteiger partial charge is 0.497 e. The van der Waals surface area contributed by atoms with Crippen LogP contribution in [0.1, 0.15) is 31.0 Å². The van der Waals surface area contributed by atoms with Crippen LogP contribution < -0.4 is 10.1 Å². The second-order valence-electron chi connectivity index (χ2n) is 5.42. The molecule has 1 aromatic carbocycles. The Bertz CT molecular complexity index is 769. The number of pyridine rings is 1. The van der Waals surface area contributed by atoms with E-state index in [1.54, 1.807) is 25.3 Å². The Labute approximate surface area is 146 Å². The number of nitrogens with one attached hydrogen (secondary N) is 1. The molecular weight excluding hydrogens is 322 g/mol. The first-order valence-corrected chi connectivity index (χ1v) is 8.49. The SMILES string of the molecule is COc1cccc(NC(=O)CSc2nc(C(C)C)ccc2C#N)c1. The van der Waals surface area contributed by atoms with Crippen molar-refractivity contribution >= 4 is 23.4 Å². The third-order valence-corrected chi connectivity index (χ3v) is 4.28. The second-order valence-corrected chi connectivity index (χ2v) is 6.39. The number of nitrogens with zero attached hydrogens (tertiary/aromatic N) is 2. The average molecular weight is 341 g/mol. The molecule has 24 heavy (non-hydrogen) atoms.